The SMILES string of the molecule is COC(=O)CCCC1CCC=C2C1(C)CC[C@H]1C(C)(C)C(=O)C(C#N)C[C@]21C. The van der Waals surface area contributed by atoms with E-state index in [1.54, 1.807) is 0 Å². The molecular weight excluding hydrogens is 350 g/mol. The van der Waals surface area contributed by atoms with Crippen molar-refractivity contribution in [3.63, 3.8) is 0 Å². The fraction of sp³-hybridized carbons (Fsp3) is 0.792. The molecule has 3 aliphatic carbocycles. The number of hydrogen-bond acceptors (Lipinski definition) is 4. The molecule has 0 spiro atoms. The van der Waals surface area contributed by atoms with Crippen molar-refractivity contribution in [2.45, 2.75) is 79.1 Å². The number of ketones is 1. The van der Waals surface area contributed by atoms with E-state index in [0.29, 0.717) is 24.7 Å². The van der Waals surface area contributed by atoms with Crippen LogP contribution in [0, 0.1) is 45.3 Å². The highest BCUT2D eigenvalue weighted by molar-refractivity contribution is 5.90. The van der Waals surface area contributed by atoms with Crippen LogP contribution in [-0.4, -0.2) is 18.9 Å². The van der Waals surface area contributed by atoms with Gasteiger partial charge in [0.05, 0.1) is 13.2 Å². The van der Waals surface area contributed by atoms with Gasteiger partial charge in [-0.05, 0) is 67.6 Å². The van der Waals surface area contributed by atoms with Gasteiger partial charge in [0.2, 0.25) is 0 Å². The first-order valence-corrected chi connectivity index (χ1v) is 10.8. The van der Waals surface area contributed by atoms with Gasteiger partial charge in [0.1, 0.15) is 5.92 Å². The van der Waals surface area contributed by atoms with Gasteiger partial charge in [0.25, 0.3) is 0 Å². The largest absolute Gasteiger partial charge is 0.469 e. The predicted molar refractivity (Wildman–Crippen MR) is 108 cm³/mol. The Kier molecular flexibility index (Phi) is 5.51. The molecule has 28 heavy (non-hydrogen) atoms. The van der Waals surface area contributed by atoms with Crippen molar-refractivity contribution in [1.82, 2.24) is 0 Å². The monoisotopic (exact) mass is 385 g/mol. The molecule has 0 aromatic heterocycles. The fourth-order valence-electron chi connectivity index (χ4n) is 7.08. The van der Waals surface area contributed by atoms with Crippen LogP contribution in [0.2, 0.25) is 0 Å². The molecule has 0 N–H and O–H groups in total. The third-order valence-corrected chi connectivity index (χ3v) is 8.48. The Morgan fingerprint density at radius 1 is 1.25 bits per heavy atom. The van der Waals surface area contributed by atoms with Crippen LogP contribution in [0.4, 0.5) is 0 Å². The molecule has 2 saturated carbocycles. The van der Waals surface area contributed by atoms with Crippen LogP contribution in [0.15, 0.2) is 11.6 Å². The third kappa shape index (κ3) is 3.11. The smallest absolute Gasteiger partial charge is 0.305 e. The van der Waals surface area contributed by atoms with Gasteiger partial charge >= 0.3 is 5.97 Å². The second-order valence-electron chi connectivity index (χ2n) is 10.3. The maximum Gasteiger partial charge on any atom is 0.305 e. The van der Waals surface area contributed by atoms with Gasteiger partial charge in [0.15, 0.2) is 5.78 Å². The molecular formula is C24H35NO3. The van der Waals surface area contributed by atoms with E-state index in [-0.39, 0.29) is 22.6 Å². The number of fused-ring (bicyclic) bond motifs is 3. The summed E-state index contributed by atoms with van der Waals surface area (Å²) < 4.78 is 4.80. The molecule has 4 nitrogen and oxygen atoms in total. The highest BCUT2D eigenvalue weighted by Gasteiger charge is 2.62. The zero-order valence-corrected chi connectivity index (χ0v) is 18.1. The zero-order chi connectivity index (χ0) is 20.7. The summed E-state index contributed by atoms with van der Waals surface area (Å²) in [5.41, 5.74) is 1.06. The number of carbonyl (C=O) groups excluding carboxylic acids is 2. The van der Waals surface area contributed by atoms with Gasteiger partial charge < -0.3 is 4.74 Å². The number of hydrogen-bond donors (Lipinski definition) is 0. The molecule has 3 aliphatic rings. The lowest BCUT2D eigenvalue weighted by molar-refractivity contribution is -0.146. The number of esters is 1. The van der Waals surface area contributed by atoms with E-state index < -0.39 is 11.3 Å². The predicted octanol–water partition coefficient (Wildman–Crippen LogP) is 5.23. The number of Topliss-reactive ketones (excluding diaryl/α,β-unsaturated/α-hetero) is 1. The summed E-state index contributed by atoms with van der Waals surface area (Å²) >= 11 is 0. The van der Waals surface area contributed by atoms with Crippen LogP contribution >= 0.6 is 0 Å². The molecule has 0 aliphatic heterocycles. The third-order valence-electron chi connectivity index (χ3n) is 8.48. The van der Waals surface area contributed by atoms with Crippen molar-refractivity contribution in [2.24, 2.45) is 34.0 Å². The number of carbonyl (C=O) groups is 2. The van der Waals surface area contributed by atoms with Crippen LogP contribution in [0.25, 0.3) is 0 Å². The number of nitrogens with zero attached hydrogens (tertiary/aromatic N) is 1. The molecule has 4 heteroatoms. The first-order chi connectivity index (χ1) is 13.1. The van der Waals surface area contributed by atoms with Gasteiger partial charge in [-0.2, -0.15) is 5.26 Å². The zero-order valence-electron chi connectivity index (χ0n) is 18.1. The molecule has 3 unspecified atom stereocenters. The van der Waals surface area contributed by atoms with Crippen molar-refractivity contribution in [3.8, 4) is 6.07 Å². The van der Waals surface area contributed by atoms with Crippen molar-refractivity contribution in [2.75, 3.05) is 7.11 Å². The van der Waals surface area contributed by atoms with Crippen LogP contribution < -0.4 is 0 Å². The number of nitriles is 1. The van der Waals surface area contributed by atoms with Crippen LogP contribution in [0.3, 0.4) is 0 Å². The fourth-order valence-corrected chi connectivity index (χ4v) is 7.08. The molecule has 5 atom stereocenters. The molecule has 0 heterocycles. The van der Waals surface area contributed by atoms with Crippen molar-refractivity contribution in [1.29, 1.82) is 5.26 Å². The van der Waals surface area contributed by atoms with Crippen molar-refractivity contribution < 1.29 is 14.3 Å². The number of rotatable bonds is 4. The first kappa shape index (κ1) is 21.1. The molecule has 0 bridgehead atoms. The van der Waals surface area contributed by atoms with Crippen LogP contribution in [-0.2, 0) is 14.3 Å². The number of ether oxygens (including phenoxy) is 1. The lowest BCUT2D eigenvalue weighted by atomic mass is 9.41. The minimum absolute atomic E-state index is 0.0914. The summed E-state index contributed by atoms with van der Waals surface area (Å²) in [6.45, 7) is 8.83. The second kappa shape index (κ2) is 7.32. The summed E-state index contributed by atoms with van der Waals surface area (Å²) in [4.78, 5) is 24.5. The number of methoxy groups -OCH3 is 1. The van der Waals surface area contributed by atoms with Gasteiger partial charge in [-0.25, -0.2) is 0 Å². The van der Waals surface area contributed by atoms with E-state index in [1.807, 2.05) is 0 Å². The average Bonchev–Trinajstić information content (AvgIpc) is 2.65. The van der Waals surface area contributed by atoms with E-state index in [0.717, 1.165) is 38.5 Å². The molecule has 0 aromatic rings. The summed E-state index contributed by atoms with van der Waals surface area (Å²) in [6, 6.07) is 2.31. The molecule has 2 fully saturated rings. The van der Waals surface area contributed by atoms with Gasteiger partial charge in [0, 0.05) is 11.8 Å². The first-order valence-electron chi connectivity index (χ1n) is 10.8. The van der Waals surface area contributed by atoms with E-state index in [1.165, 1.54) is 12.7 Å². The standard InChI is InChI=1S/C24H35NO3/c1-22(2)18-12-13-23(3)17(9-7-11-20(26)28-5)8-6-10-19(23)24(18,4)14-16(15-25)21(22)27/h10,16-18H,6-9,11-14H2,1-5H3/t16?,17?,18-,23?,24-/m0/s1. The molecule has 154 valence electrons. The Balaban J connectivity index is 1.89. The topological polar surface area (TPSA) is 67.2 Å². The molecule has 0 saturated heterocycles. The Morgan fingerprint density at radius 3 is 2.61 bits per heavy atom. The van der Waals surface area contributed by atoms with Gasteiger partial charge in [-0.3, -0.25) is 9.59 Å². The second-order valence-corrected chi connectivity index (χ2v) is 10.3. The summed E-state index contributed by atoms with van der Waals surface area (Å²) in [7, 11) is 1.45. The van der Waals surface area contributed by atoms with Gasteiger partial charge in [-0.1, -0.05) is 39.3 Å². The summed E-state index contributed by atoms with van der Waals surface area (Å²) in [5.74, 6) is 0.351. The lowest BCUT2D eigenvalue weighted by Crippen LogP contribution is -2.58. The van der Waals surface area contributed by atoms with E-state index in [9.17, 15) is 14.9 Å². The van der Waals surface area contributed by atoms with Crippen molar-refractivity contribution >= 4 is 11.8 Å². The van der Waals surface area contributed by atoms with Crippen LogP contribution in [0.1, 0.15) is 79.1 Å². The maximum atomic E-state index is 12.9. The van der Waals surface area contributed by atoms with E-state index >= 15 is 0 Å². The highest BCUT2D eigenvalue weighted by Crippen LogP contribution is 2.67. The normalized spacial score (nSPS) is 39.2. The van der Waals surface area contributed by atoms with Crippen LogP contribution in [0.5, 0.6) is 0 Å². The Bertz CT molecular complexity index is 731. The Hall–Kier alpha value is -1.63. The molecule has 0 amide bonds. The maximum absolute atomic E-state index is 12.9. The number of allylic oxidation sites excluding steroid dienone is 2. The molecule has 0 aromatic carbocycles. The van der Waals surface area contributed by atoms with E-state index in [4.69, 9.17) is 4.74 Å². The van der Waals surface area contributed by atoms with Gasteiger partial charge in [-0.15, -0.1) is 0 Å². The van der Waals surface area contributed by atoms with Crippen molar-refractivity contribution in [3.05, 3.63) is 11.6 Å². The highest BCUT2D eigenvalue weighted by atomic mass is 16.5. The Morgan fingerprint density at radius 2 is 1.96 bits per heavy atom. The summed E-state index contributed by atoms with van der Waals surface area (Å²) in [6.07, 6.45) is 9.83. The minimum atomic E-state index is -0.501. The minimum Gasteiger partial charge on any atom is -0.469 e. The Labute approximate surface area is 169 Å². The van der Waals surface area contributed by atoms with E-state index in [2.05, 4.69) is 39.8 Å². The lowest BCUT2D eigenvalue weighted by Gasteiger charge is -2.62. The molecule has 3 rings (SSSR count). The average molecular weight is 386 g/mol. The molecule has 0 radical (unpaired) electrons. The summed E-state index contributed by atoms with van der Waals surface area (Å²) in [5, 5.41) is 9.67. The quantitative estimate of drug-likeness (QED) is 0.491.